The van der Waals surface area contributed by atoms with E-state index in [4.69, 9.17) is 27.3 Å². The number of carbonyl (C=O) groups excluding carboxylic acids is 1. The first-order chi connectivity index (χ1) is 13.4. The molecule has 0 bridgehead atoms. The average Bonchev–Trinajstić information content (AvgIpc) is 2.65. The van der Waals surface area contributed by atoms with Crippen molar-refractivity contribution in [2.24, 2.45) is 5.73 Å². The highest BCUT2D eigenvalue weighted by atomic mass is 35.5. The highest BCUT2D eigenvalue weighted by molar-refractivity contribution is 6.31. The van der Waals surface area contributed by atoms with Gasteiger partial charge in [-0.3, -0.25) is 4.79 Å². The van der Waals surface area contributed by atoms with E-state index in [1.807, 2.05) is 13.0 Å². The van der Waals surface area contributed by atoms with Crippen LogP contribution in [-0.2, 0) is 4.79 Å². The summed E-state index contributed by atoms with van der Waals surface area (Å²) in [5, 5.41) is 9.43. The maximum absolute atomic E-state index is 13.7. The fourth-order valence-electron chi connectivity index (χ4n) is 2.93. The SMILES string of the molecule is Cc1ccc(C(C(N)=O)c2ccccc2Cl)cc1Oc1cc(F)cc(C#N)c1. The highest BCUT2D eigenvalue weighted by Gasteiger charge is 2.23. The predicted molar refractivity (Wildman–Crippen MR) is 105 cm³/mol. The van der Waals surface area contributed by atoms with Crippen LogP contribution in [0.25, 0.3) is 0 Å². The van der Waals surface area contributed by atoms with Crippen molar-refractivity contribution in [2.45, 2.75) is 12.8 Å². The van der Waals surface area contributed by atoms with Gasteiger partial charge in [-0.15, -0.1) is 0 Å². The number of aryl methyl sites for hydroxylation is 1. The van der Waals surface area contributed by atoms with Gasteiger partial charge < -0.3 is 10.5 Å². The molecule has 0 heterocycles. The van der Waals surface area contributed by atoms with Crippen LogP contribution in [0.4, 0.5) is 4.39 Å². The largest absolute Gasteiger partial charge is 0.457 e. The number of rotatable bonds is 5. The Hall–Kier alpha value is -3.36. The number of nitrogens with two attached hydrogens (primary N) is 1. The van der Waals surface area contributed by atoms with Gasteiger partial charge in [-0.1, -0.05) is 41.9 Å². The number of hydrogen-bond donors (Lipinski definition) is 1. The van der Waals surface area contributed by atoms with Gasteiger partial charge in [-0.25, -0.2) is 4.39 Å². The second-order valence-electron chi connectivity index (χ2n) is 6.27. The van der Waals surface area contributed by atoms with Crippen molar-refractivity contribution in [1.29, 1.82) is 5.26 Å². The third-order valence-corrected chi connectivity index (χ3v) is 4.62. The van der Waals surface area contributed by atoms with Crippen molar-refractivity contribution in [3.63, 3.8) is 0 Å². The lowest BCUT2D eigenvalue weighted by Crippen LogP contribution is -2.22. The van der Waals surface area contributed by atoms with E-state index < -0.39 is 17.6 Å². The predicted octanol–water partition coefficient (Wildman–Crippen LogP) is 5.07. The Morgan fingerprint density at radius 2 is 1.93 bits per heavy atom. The van der Waals surface area contributed by atoms with Crippen molar-refractivity contribution in [3.05, 3.63) is 93.8 Å². The van der Waals surface area contributed by atoms with Gasteiger partial charge in [-0.05, 0) is 47.9 Å². The van der Waals surface area contributed by atoms with Gasteiger partial charge in [0.2, 0.25) is 5.91 Å². The first kappa shape index (κ1) is 19.4. The number of benzene rings is 3. The number of amides is 1. The fraction of sp³-hybridized carbons (Fsp3) is 0.0909. The standard InChI is InChI=1S/C22H16ClFN2O2/c1-13-6-7-15(21(22(26)27)18-4-2-3-5-19(18)23)10-20(13)28-17-9-14(12-25)8-16(24)11-17/h2-11,21H,1H3,(H2,26,27). The molecule has 0 saturated carbocycles. The molecule has 1 unspecified atom stereocenters. The van der Waals surface area contributed by atoms with Crippen molar-refractivity contribution >= 4 is 17.5 Å². The number of nitrogens with zero attached hydrogens (tertiary/aromatic N) is 1. The van der Waals surface area contributed by atoms with Crippen LogP contribution < -0.4 is 10.5 Å². The summed E-state index contributed by atoms with van der Waals surface area (Å²) in [6, 6.07) is 17.8. The van der Waals surface area contributed by atoms with E-state index in [9.17, 15) is 9.18 Å². The van der Waals surface area contributed by atoms with E-state index in [1.165, 1.54) is 12.1 Å². The summed E-state index contributed by atoms with van der Waals surface area (Å²) in [5.74, 6) is -1.29. The molecule has 1 atom stereocenters. The smallest absolute Gasteiger partial charge is 0.229 e. The number of halogens is 2. The van der Waals surface area contributed by atoms with Crippen LogP contribution in [-0.4, -0.2) is 5.91 Å². The summed E-state index contributed by atoms with van der Waals surface area (Å²) in [7, 11) is 0. The van der Waals surface area contributed by atoms with Gasteiger partial charge in [0.25, 0.3) is 0 Å². The van der Waals surface area contributed by atoms with Crippen LogP contribution in [0, 0.1) is 24.1 Å². The second kappa shape index (κ2) is 8.12. The molecule has 0 aliphatic rings. The molecule has 2 N–H and O–H groups in total. The first-order valence-electron chi connectivity index (χ1n) is 8.42. The Labute approximate surface area is 166 Å². The summed E-state index contributed by atoms with van der Waals surface area (Å²) in [5.41, 5.74) is 7.75. The highest BCUT2D eigenvalue weighted by Crippen LogP contribution is 2.34. The average molecular weight is 395 g/mol. The number of hydrogen-bond acceptors (Lipinski definition) is 3. The zero-order valence-corrected chi connectivity index (χ0v) is 15.7. The van der Waals surface area contributed by atoms with E-state index in [1.54, 1.807) is 42.5 Å². The third-order valence-electron chi connectivity index (χ3n) is 4.27. The number of nitriles is 1. The molecule has 6 heteroatoms. The first-order valence-corrected chi connectivity index (χ1v) is 8.79. The maximum atomic E-state index is 13.7. The molecular formula is C22H16ClFN2O2. The normalized spacial score (nSPS) is 11.5. The Morgan fingerprint density at radius 1 is 1.18 bits per heavy atom. The summed E-state index contributed by atoms with van der Waals surface area (Å²) in [6.45, 7) is 1.82. The molecule has 0 spiro atoms. The van der Waals surface area contributed by atoms with Gasteiger partial charge in [0.15, 0.2) is 0 Å². The zero-order chi connectivity index (χ0) is 20.3. The van der Waals surface area contributed by atoms with Gasteiger partial charge in [-0.2, -0.15) is 5.26 Å². The topological polar surface area (TPSA) is 76.1 Å². The molecule has 3 rings (SSSR count). The Kier molecular flexibility index (Phi) is 5.62. The molecular weight excluding hydrogens is 379 g/mol. The van der Waals surface area contributed by atoms with E-state index in [2.05, 4.69) is 0 Å². The molecule has 28 heavy (non-hydrogen) atoms. The number of primary amides is 1. The minimum atomic E-state index is -0.765. The summed E-state index contributed by atoms with van der Waals surface area (Å²) in [6.07, 6.45) is 0. The molecule has 0 fully saturated rings. The van der Waals surface area contributed by atoms with Gasteiger partial charge in [0.1, 0.15) is 17.3 Å². The monoisotopic (exact) mass is 394 g/mol. The second-order valence-corrected chi connectivity index (χ2v) is 6.68. The lowest BCUT2D eigenvalue weighted by atomic mass is 9.90. The Morgan fingerprint density at radius 3 is 2.61 bits per heavy atom. The molecule has 140 valence electrons. The third kappa shape index (κ3) is 4.13. The minimum Gasteiger partial charge on any atom is -0.457 e. The molecule has 0 aliphatic carbocycles. The summed E-state index contributed by atoms with van der Waals surface area (Å²) in [4.78, 5) is 12.2. The molecule has 1 amide bonds. The molecule has 0 saturated heterocycles. The number of carbonyl (C=O) groups is 1. The summed E-state index contributed by atoms with van der Waals surface area (Å²) < 4.78 is 19.5. The van der Waals surface area contributed by atoms with Crippen LogP contribution in [0.1, 0.15) is 28.2 Å². The summed E-state index contributed by atoms with van der Waals surface area (Å²) >= 11 is 6.25. The minimum absolute atomic E-state index is 0.148. The molecule has 0 aromatic heterocycles. The maximum Gasteiger partial charge on any atom is 0.229 e. The molecule has 0 radical (unpaired) electrons. The van der Waals surface area contributed by atoms with Gasteiger partial charge >= 0.3 is 0 Å². The van der Waals surface area contributed by atoms with Crippen LogP contribution in [0.3, 0.4) is 0 Å². The van der Waals surface area contributed by atoms with E-state index in [0.29, 0.717) is 21.9 Å². The van der Waals surface area contributed by atoms with Crippen molar-refractivity contribution in [1.82, 2.24) is 0 Å². The number of ether oxygens (including phenoxy) is 1. The van der Waals surface area contributed by atoms with Crippen LogP contribution in [0.2, 0.25) is 5.02 Å². The van der Waals surface area contributed by atoms with Gasteiger partial charge in [0, 0.05) is 11.1 Å². The molecule has 4 nitrogen and oxygen atoms in total. The van der Waals surface area contributed by atoms with Crippen molar-refractivity contribution in [3.8, 4) is 17.6 Å². The molecule has 3 aromatic rings. The van der Waals surface area contributed by atoms with Crippen LogP contribution in [0.5, 0.6) is 11.5 Å². The van der Waals surface area contributed by atoms with Crippen molar-refractivity contribution < 1.29 is 13.9 Å². The Balaban J connectivity index is 2.03. The molecule has 3 aromatic carbocycles. The van der Waals surface area contributed by atoms with Crippen LogP contribution >= 0.6 is 11.6 Å². The van der Waals surface area contributed by atoms with Crippen LogP contribution in [0.15, 0.2) is 60.7 Å². The van der Waals surface area contributed by atoms with E-state index >= 15 is 0 Å². The lowest BCUT2D eigenvalue weighted by molar-refractivity contribution is -0.118. The van der Waals surface area contributed by atoms with Crippen molar-refractivity contribution in [2.75, 3.05) is 0 Å². The van der Waals surface area contributed by atoms with Gasteiger partial charge in [0.05, 0.1) is 17.6 Å². The van der Waals surface area contributed by atoms with E-state index in [0.717, 1.165) is 11.6 Å². The fourth-order valence-corrected chi connectivity index (χ4v) is 3.17. The lowest BCUT2D eigenvalue weighted by Gasteiger charge is -2.18. The Bertz CT molecular complexity index is 1090. The quantitative estimate of drug-likeness (QED) is 0.656. The molecule has 0 aliphatic heterocycles. The van der Waals surface area contributed by atoms with E-state index in [-0.39, 0.29) is 11.3 Å². The zero-order valence-electron chi connectivity index (χ0n) is 14.9.